The molecule has 5 heteroatoms. The molecule has 0 saturated heterocycles. The molecule has 0 bridgehead atoms. The van der Waals surface area contributed by atoms with Crippen molar-refractivity contribution in [3.63, 3.8) is 0 Å². The van der Waals surface area contributed by atoms with E-state index < -0.39 is 5.97 Å². The molecule has 0 unspecified atom stereocenters. The van der Waals surface area contributed by atoms with Crippen molar-refractivity contribution in [2.75, 3.05) is 0 Å². The van der Waals surface area contributed by atoms with E-state index in [1.54, 1.807) is 11.4 Å². The van der Waals surface area contributed by atoms with E-state index in [9.17, 15) is 9.90 Å². The minimum absolute atomic E-state index is 0.0920. The zero-order valence-corrected chi connectivity index (χ0v) is 8.39. The van der Waals surface area contributed by atoms with Crippen molar-refractivity contribution < 1.29 is 15.0 Å². The van der Waals surface area contributed by atoms with Crippen LogP contribution >= 0.6 is 22.9 Å². The fourth-order valence-electron chi connectivity index (χ4n) is 1.31. The Morgan fingerprint density at radius 2 is 2.21 bits per heavy atom. The first-order chi connectivity index (χ1) is 6.61. The van der Waals surface area contributed by atoms with Gasteiger partial charge in [0.2, 0.25) is 0 Å². The van der Waals surface area contributed by atoms with E-state index in [4.69, 9.17) is 16.7 Å². The van der Waals surface area contributed by atoms with E-state index in [1.807, 2.05) is 0 Å². The lowest BCUT2D eigenvalue weighted by Crippen LogP contribution is -1.97. The molecule has 0 radical (unpaired) electrons. The predicted molar refractivity (Wildman–Crippen MR) is 55.5 cm³/mol. The Morgan fingerprint density at radius 1 is 1.50 bits per heavy atom. The molecule has 1 heterocycles. The van der Waals surface area contributed by atoms with Crippen LogP contribution in [0.1, 0.15) is 10.4 Å². The fraction of sp³-hybridized carbons (Fsp3) is 0. The van der Waals surface area contributed by atoms with Gasteiger partial charge in [0.15, 0.2) is 0 Å². The first-order valence-electron chi connectivity index (χ1n) is 3.73. The summed E-state index contributed by atoms with van der Waals surface area (Å²) < 4.78 is 0.682. The van der Waals surface area contributed by atoms with Crippen LogP contribution in [0.2, 0.25) is 5.02 Å². The van der Waals surface area contributed by atoms with E-state index in [2.05, 4.69) is 0 Å². The van der Waals surface area contributed by atoms with Crippen molar-refractivity contribution in [1.82, 2.24) is 0 Å². The van der Waals surface area contributed by atoms with Gasteiger partial charge in [0.25, 0.3) is 0 Å². The molecule has 0 aliphatic rings. The summed E-state index contributed by atoms with van der Waals surface area (Å²) in [6.07, 6.45) is 0. The van der Waals surface area contributed by atoms with Crippen LogP contribution in [0.25, 0.3) is 10.1 Å². The number of thiophene rings is 1. The highest BCUT2D eigenvalue weighted by Crippen LogP contribution is 2.36. The molecule has 72 valence electrons. The Bertz CT molecular complexity index is 518. The van der Waals surface area contributed by atoms with Crippen molar-refractivity contribution in [3.8, 4) is 5.75 Å². The first-order valence-corrected chi connectivity index (χ1v) is 4.99. The molecular weight excluding hydrogens is 224 g/mol. The monoisotopic (exact) mass is 228 g/mol. The largest absolute Gasteiger partial charge is 0.507 e. The smallest absolute Gasteiger partial charge is 0.340 e. The molecule has 2 aromatic rings. The summed E-state index contributed by atoms with van der Waals surface area (Å²) in [7, 11) is 0. The lowest BCUT2D eigenvalue weighted by Gasteiger charge is -2.02. The van der Waals surface area contributed by atoms with Crippen LogP contribution in [-0.4, -0.2) is 16.2 Å². The molecule has 0 spiro atoms. The molecule has 1 aromatic carbocycles. The molecule has 0 atom stereocenters. The van der Waals surface area contributed by atoms with Crippen molar-refractivity contribution in [2.45, 2.75) is 0 Å². The zero-order valence-electron chi connectivity index (χ0n) is 6.82. The van der Waals surface area contributed by atoms with Gasteiger partial charge in [-0.25, -0.2) is 4.79 Å². The summed E-state index contributed by atoms with van der Waals surface area (Å²) >= 11 is 7.19. The molecule has 14 heavy (non-hydrogen) atoms. The molecule has 2 rings (SSSR count). The summed E-state index contributed by atoms with van der Waals surface area (Å²) in [6.45, 7) is 0. The second-order valence-corrected chi connectivity index (χ2v) is 4.04. The Hall–Kier alpha value is -1.26. The third-order valence-electron chi connectivity index (χ3n) is 1.88. The quantitative estimate of drug-likeness (QED) is 0.789. The van der Waals surface area contributed by atoms with Gasteiger partial charge in [0.1, 0.15) is 11.3 Å². The van der Waals surface area contributed by atoms with E-state index in [1.165, 1.54) is 17.4 Å². The normalized spacial score (nSPS) is 10.6. The summed E-state index contributed by atoms with van der Waals surface area (Å²) in [5.74, 6) is -1.45. The summed E-state index contributed by atoms with van der Waals surface area (Å²) in [6, 6.07) is 2.89. The molecular formula is C9H5ClO3S. The van der Waals surface area contributed by atoms with Gasteiger partial charge in [-0.05, 0) is 11.4 Å². The van der Waals surface area contributed by atoms with Crippen molar-refractivity contribution in [2.24, 2.45) is 0 Å². The van der Waals surface area contributed by atoms with Crippen LogP contribution in [0.3, 0.4) is 0 Å². The van der Waals surface area contributed by atoms with Gasteiger partial charge < -0.3 is 10.2 Å². The second kappa shape index (κ2) is 3.15. The standard InChI is InChI=1S/C9H5ClO3S/c10-5-3-6(11)7(9(12)13)4-1-2-14-8(4)5/h1-3,11H,(H,12,13). The molecule has 0 fully saturated rings. The lowest BCUT2D eigenvalue weighted by atomic mass is 10.1. The van der Waals surface area contributed by atoms with Crippen LogP contribution in [0.4, 0.5) is 0 Å². The number of carboxylic acids is 1. The summed E-state index contributed by atoms with van der Waals surface area (Å²) in [4.78, 5) is 10.8. The number of aromatic hydroxyl groups is 1. The van der Waals surface area contributed by atoms with Crippen molar-refractivity contribution in [1.29, 1.82) is 0 Å². The third-order valence-corrected chi connectivity index (χ3v) is 3.24. The molecule has 0 aliphatic heterocycles. The van der Waals surface area contributed by atoms with Gasteiger partial charge in [-0.3, -0.25) is 0 Å². The number of phenols is 1. The molecule has 0 amide bonds. The minimum Gasteiger partial charge on any atom is -0.507 e. The van der Waals surface area contributed by atoms with Crippen molar-refractivity contribution in [3.05, 3.63) is 28.1 Å². The van der Waals surface area contributed by atoms with Crippen LogP contribution < -0.4 is 0 Å². The number of hydrogen-bond acceptors (Lipinski definition) is 3. The molecule has 2 N–H and O–H groups in total. The number of carboxylic acid groups (broad SMARTS) is 1. The number of fused-ring (bicyclic) bond motifs is 1. The van der Waals surface area contributed by atoms with Crippen LogP contribution in [0, 0.1) is 0 Å². The molecule has 0 saturated carbocycles. The van der Waals surface area contributed by atoms with E-state index in [0.29, 0.717) is 15.1 Å². The highest BCUT2D eigenvalue weighted by molar-refractivity contribution is 7.18. The highest BCUT2D eigenvalue weighted by atomic mass is 35.5. The maximum absolute atomic E-state index is 10.8. The fourth-order valence-corrected chi connectivity index (χ4v) is 2.46. The van der Waals surface area contributed by atoms with E-state index in [0.717, 1.165) is 0 Å². The van der Waals surface area contributed by atoms with Gasteiger partial charge in [-0.1, -0.05) is 11.6 Å². The molecule has 0 aliphatic carbocycles. The van der Waals surface area contributed by atoms with Gasteiger partial charge in [-0.2, -0.15) is 0 Å². The van der Waals surface area contributed by atoms with Crippen LogP contribution in [0.5, 0.6) is 5.75 Å². The number of hydrogen-bond donors (Lipinski definition) is 2. The van der Waals surface area contributed by atoms with Gasteiger partial charge in [-0.15, -0.1) is 11.3 Å². The minimum atomic E-state index is -1.15. The van der Waals surface area contributed by atoms with E-state index >= 15 is 0 Å². The maximum atomic E-state index is 10.8. The average Bonchev–Trinajstić information content (AvgIpc) is 2.51. The Morgan fingerprint density at radius 3 is 2.86 bits per heavy atom. The maximum Gasteiger partial charge on any atom is 0.340 e. The van der Waals surface area contributed by atoms with Crippen LogP contribution in [-0.2, 0) is 0 Å². The first kappa shape index (κ1) is 9.30. The van der Waals surface area contributed by atoms with Crippen LogP contribution in [0.15, 0.2) is 17.5 Å². The Labute approximate surface area is 88.2 Å². The molecule has 1 aromatic heterocycles. The second-order valence-electron chi connectivity index (χ2n) is 2.72. The lowest BCUT2D eigenvalue weighted by molar-refractivity contribution is 0.0696. The number of rotatable bonds is 1. The molecule has 3 nitrogen and oxygen atoms in total. The SMILES string of the molecule is O=C(O)c1c(O)cc(Cl)c2sccc12. The number of benzene rings is 1. The Balaban J connectivity index is 2.93. The topological polar surface area (TPSA) is 57.5 Å². The van der Waals surface area contributed by atoms with Crippen molar-refractivity contribution >= 4 is 39.0 Å². The predicted octanol–water partition coefficient (Wildman–Crippen LogP) is 2.96. The average molecular weight is 229 g/mol. The van der Waals surface area contributed by atoms with E-state index in [-0.39, 0.29) is 11.3 Å². The van der Waals surface area contributed by atoms with Gasteiger partial charge in [0.05, 0.1) is 9.72 Å². The number of carbonyl (C=O) groups is 1. The Kier molecular flexibility index (Phi) is 2.09. The summed E-state index contributed by atoms with van der Waals surface area (Å²) in [5, 5.41) is 20.9. The number of aromatic carboxylic acids is 1. The summed E-state index contributed by atoms with van der Waals surface area (Å²) in [5.41, 5.74) is -0.0920. The number of halogens is 1. The van der Waals surface area contributed by atoms with Gasteiger partial charge >= 0.3 is 5.97 Å². The van der Waals surface area contributed by atoms with Gasteiger partial charge in [0, 0.05) is 11.5 Å². The highest BCUT2D eigenvalue weighted by Gasteiger charge is 2.17. The third kappa shape index (κ3) is 1.23. The zero-order chi connectivity index (χ0) is 10.3.